The molecule has 4 heteroatoms. The maximum Gasteiger partial charge on any atom is 0.254 e. The third-order valence-corrected chi connectivity index (χ3v) is 3.67. The van der Waals surface area contributed by atoms with Crippen molar-refractivity contribution in [2.24, 2.45) is 11.7 Å². The molecule has 1 fully saturated rings. The van der Waals surface area contributed by atoms with Crippen molar-refractivity contribution in [3.8, 4) is 0 Å². The molecule has 0 saturated heterocycles. The lowest BCUT2D eigenvalue weighted by atomic mass is 10.1. The number of rotatable bonds is 5. The smallest absolute Gasteiger partial charge is 0.254 e. The Bertz CT molecular complexity index is 495. The van der Waals surface area contributed by atoms with Gasteiger partial charge in [0.1, 0.15) is 4.99 Å². The number of thiocarbonyl (C=S) groups is 1. The summed E-state index contributed by atoms with van der Waals surface area (Å²) < 4.78 is 0. The Morgan fingerprint density at radius 3 is 2.58 bits per heavy atom. The molecular formula is C15H20N2OS. The lowest BCUT2D eigenvalue weighted by molar-refractivity contribution is 0.0696. The zero-order valence-corrected chi connectivity index (χ0v) is 12.2. The van der Waals surface area contributed by atoms with Crippen LogP contribution in [0.25, 0.3) is 0 Å². The summed E-state index contributed by atoms with van der Waals surface area (Å²) in [5.74, 6) is 0.755. The summed E-state index contributed by atoms with van der Waals surface area (Å²) in [5.41, 5.74) is 7.03. The summed E-state index contributed by atoms with van der Waals surface area (Å²) in [6, 6.07) is 7.48. The van der Waals surface area contributed by atoms with E-state index in [4.69, 9.17) is 18.0 Å². The lowest BCUT2D eigenvalue weighted by Gasteiger charge is -2.27. The van der Waals surface area contributed by atoms with Crippen LogP contribution in [0.1, 0.15) is 42.6 Å². The number of amides is 1. The molecule has 0 unspecified atom stereocenters. The van der Waals surface area contributed by atoms with E-state index in [0.717, 1.165) is 12.1 Å². The van der Waals surface area contributed by atoms with Crippen molar-refractivity contribution in [3.63, 3.8) is 0 Å². The van der Waals surface area contributed by atoms with E-state index in [-0.39, 0.29) is 11.9 Å². The molecular weight excluding hydrogens is 256 g/mol. The Kier molecular flexibility index (Phi) is 4.20. The van der Waals surface area contributed by atoms with E-state index in [0.29, 0.717) is 16.5 Å². The Morgan fingerprint density at radius 2 is 2.05 bits per heavy atom. The molecule has 0 heterocycles. The Hall–Kier alpha value is -1.42. The molecule has 0 aromatic heterocycles. The molecule has 2 N–H and O–H groups in total. The summed E-state index contributed by atoms with van der Waals surface area (Å²) in [6.45, 7) is 4.96. The van der Waals surface area contributed by atoms with Crippen LogP contribution in [-0.2, 0) is 0 Å². The van der Waals surface area contributed by atoms with Crippen LogP contribution in [0.5, 0.6) is 0 Å². The fourth-order valence-corrected chi connectivity index (χ4v) is 2.21. The molecule has 0 radical (unpaired) electrons. The summed E-state index contributed by atoms with van der Waals surface area (Å²) >= 11 is 4.96. The normalized spacial score (nSPS) is 14.5. The van der Waals surface area contributed by atoms with Crippen molar-refractivity contribution in [1.29, 1.82) is 0 Å². The lowest BCUT2D eigenvalue weighted by Crippen LogP contribution is -2.38. The van der Waals surface area contributed by atoms with Crippen LogP contribution < -0.4 is 5.73 Å². The largest absolute Gasteiger partial charge is 0.389 e. The summed E-state index contributed by atoms with van der Waals surface area (Å²) in [5, 5.41) is 0. The fourth-order valence-electron chi connectivity index (χ4n) is 2.08. The van der Waals surface area contributed by atoms with Crippen molar-refractivity contribution < 1.29 is 4.79 Å². The molecule has 1 aromatic carbocycles. The molecule has 2 rings (SSSR count). The van der Waals surface area contributed by atoms with Crippen LogP contribution in [0, 0.1) is 5.92 Å². The highest BCUT2D eigenvalue weighted by Gasteiger charge is 2.28. The number of hydrogen-bond acceptors (Lipinski definition) is 2. The van der Waals surface area contributed by atoms with Gasteiger partial charge in [0.15, 0.2) is 0 Å². The third-order valence-electron chi connectivity index (χ3n) is 3.43. The first-order valence-electron chi connectivity index (χ1n) is 6.70. The first-order chi connectivity index (χ1) is 8.99. The fraction of sp³-hybridized carbons (Fsp3) is 0.467. The second kappa shape index (κ2) is 5.70. The molecule has 1 aromatic rings. The van der Waals surface area contributed by atoms with E-state index in [2.05, 4.69) is 13.8 Å². The second-order valence-electron chi connectivity index (χ2n) is 5.44. The molecule has 1 aliphatic carbocycles. The van der Waals surface area contributed by atoms with Gasteiger partial charge in [-0.3, -0.25) is 4.79 Å². The molecule has 3 nitrogen and oxygen atoms in total. The molecule has 1 amide bonds. The Morgan fingerprint density at radius 1 is 1.42 bits per heavy atom. The van der Waals surface area contributed by atoms with Gasteiger partial charge in [-0.15, -0.1) is 0 Å². The van der Waals surface area contributed by atoms with E-state index in [1.165, 1.54) is 12.8 Å². The van der Waals surface area contributed by atoms with Gasteiger partial charge in [-0.2, -0.15) is 0 Å². The van der Waals surface area contributed by atoms with Gasteiger partial charge in [0.05, 0.1) is 0 Å². The number of nitrogens with zero attached hydrogens (tertiary/aromatic N) is 1. The monoisotopic (exact) mass is 276 g/mol. The second-order valence-corrected chi connectivity index (χ2v) is 5.88. The van der Waals surface area contributed by atoms with E-state index in [1.807, 2.05) is 23.1 Å². The average Bonchev–Trinajstić information content (AvgIpc) is 3.19. The summed E-state index contributed by atoms with van der Waals surface area (Å²) in [7, 11) is 0. The average molecular weight is 276 g/mol. The van der Waals surface area contributed by atoms with Gasteiger partial charge in [-0.25, -0.2) is 0 Å². The number of carbonyl (C=O) groups is 1. The van der Waals surface area contributed by atoms with Crippen LogP contribution in [0.4, 0.5) is 0 Å². The predicted molar refractivity (Wildman–Crippen MR) is 81.2 cm³/mol. The van der Waals surface area contributed by atoms with Crippen molar-refractivity contribution in [1.82, 2.24) is 4.90 Å². The highest BCUT2D eigenvalue weighted by Crippen LogP contribution is 2.30. The summed E-state index contributed by atoms with van der Waals surface area (Å²) in [6.07, 6.45) is 2.48. The molecule has 0 spiro atoms. The van der Waals surface area contributed by atoms with Crippen molar-refractivity contribution in [3.05, 3.63) is 35.4 Å². The molecule has 102 valence electrons. The minimum Gasteiger partial charge on any atom is -0.389 e. The molecule has 0 aliphatic heterocycles. The maximum atomic E-state index is 12.6. The van der Waals surface area contributed by atoms with E-state index >= 15 is 0 Å². The van der Waals surface area contributed by atoms with Gasteiger partial charge in [0.25, 0.3) is 5.91 Å². The molecule has 1 saturated carbocycles. The van der Waals surface area contributed by atoms with Crippen LogP contribution in [0.3, 0.4) is 0 Å². The zero-order chi connectivity index (χ0) is 14.0. The highest BCUT2D eigenvalue weighted by molar-refractivity contribution is 7.80. The van der Waals surface area contributed by atoms with Crippen molar-refractivity contribution in [2.75, 3.05) is 6.54 Å². The standard InChI is InChI=1S/C15H20N2OS/c1-10(2)17(9-11-6-7-11)15(18)13-5-3-4-12(8-13)14(16)19/h3-5,8,10-11H,6-7,9H2,1-2H3,(H2,16,19). The van der Waals surface area contributed by atoms with Gasteiger partial charge >= 0.3 is 0 Å². The van der Waals surface area contributed by atoms with Crippen molar-refractivity contribution in [2.45, 2.75) is 32.7 Å². The molecule has 0 bridgehead atoms. The van der Waals surface area contributed by atoms with Crippen molar-refractivity contribution >= 4 is 23.1 Å². The van der Waals surface area contributed by atoms with Gasteiger partial charge < -0.3 is 10.6 Å². The van der Waals surface area contributed by atoms with Crippen LogP contribution in [-0.4, -0.2) is 28.4 Å². The number of nitrogens with two attached hydrogens (primary N) is 1. The number of carbonyl (C=O) groups excluding carboxylic acids is 1. The Balaban J connectivity index is 2.20. The minimum atomic E-state index is 0.0694. The van der Waals surface area contributed by atoms with Crippen LogP contribution in [0.2, 0.25) is 0 Å². The van der Waals surface area contributed by atoms with Gasteiger partial charge in [-0.1, -0.05) is 24.4 Å². The van der Waals surface area contributed by atoms with E-state index in [9.17, 15) is 4.79 Å². The topological polar surface area (TPSA) is 46.3 Å². The van der Waals surface area contributed by atoms with Gasteiger partial charge in [-0.05, 0) is 44.7 Å². The SMILES string of the molecule is CC(C)N(CC1CC1)C(=O)c1cccc(C(N)=S)c1. The quantitative estimate of drug-likeness (QED) is 0.841. The van der Waals surface area contributed by atoms with Gasteiger partial charge in [0.2, 0.25) is 0 Å². The highest BCUT2D eigenvalue weighted by atomic mass is 32.1. The molecule has 1 aliphatic rings. The minimum absolute atomic E-state index is 0.0694. The Labute approximate surface area is 119 Å². The molecule has 0 atom stereocenters. The van der Waals surface area contributed by atoms with E-state index < -0.39 is 0 Å². The van der Waals surface area contributed by atoms with Crippen LogP contribution in [0.15, 0.2) is 24.3 Å². The first-order valence-corrected chi connectivity index (χ1v) is 7.10. The zero-order valence-electron chi connectivity index (χ0n) is 11.4. The number of benzene rings is 1. The first kappa shape index (κ1) is 14.0. The van der Waals surface area contributed by atoms with Gasteiger partial charge in [0, 0.05) is 23.7 Å². The predicted octanol–water partition coefficient (Wildman–Crippen LogP) is 2.58. The number of hydrogen-bond donors (Lipinski definition) is 1. The van der Waals surface area contributed by atoms with E-state index in [1.54, 1.807) is 6.07 Å². The summed E-state index contributed by atoms with van der Waals surface area (Å²) in [4.78, 5) is 14.8. The maximum absolute atomic E-state index is 12.6. The molecule has 19 heavy (non-hydrogen) atoms. The third kappa shape index (κ3) is 3.53. The van der Waals surface area contributed by atoms with Crippen LogP contribution >= 0.6 is 12.2 Å².